The molecule has 0 unspecified atom stereocenters. The van der Waals surface area contributed by atoms with E-state index in [1.54, 1.807) is 6.20 Å². The minimum Gasteiger partial charge on any atom is -0.375 e. The van der Waals surface area contributed by atoms with Crippen LogP contribution in [0.3, 0.4) is 0 Å². The Bertz CT molecular complexity index is 697. The number of hydrogen-bond acceptors (Lipinski definition) is 5. The number of hydrogen-bond donors (Lipinski definition) is 1. The lowest BCUT2D eigenvalue weighted by atomic mass is 9.72. The summed E-state index contributed by atoms with van der Waals surface area (Å²) < 4.78 is 5.68. The molecule has 29 heavy (non-hydrogen) atoms. The molecule has 7 nitrogen and oxygen atoms in total. The first-order valence-corrected chi connectivity index (χ1v) is 10.9. The van der Waals surface area contributed by atoms with Crippen molar-refractivity contribution in [3.8, 4) is 0 Å². The average Bonchev–Trinajstić information content (AvgIpc) is 2.76. The highest BCUT2D eigenvalue weighted by molar-refractivity contribution is 5.78. The second kappa shape index (κ2) is 9.22. The molecular formula is C22H32N4O3. The zero-order valence-corrected chi connectivity index (χ0v) is 17.1. The van der Waals surface area contributed by atoms with Crippen LogP contribution in [0.2, 0.25) is 0 Å². The molecule has 0 aliphatic carbocycles. The van der Waals surface area contributed by atoms with Crippen molar-refractivity contribution in [1.29, 1.82) is 0 Å². The van der Waals surface area contributed by atoms with E-state index in [-0.39, 0.29) is 23.3 Å². The number of ether oxygens (including phenoxy) is 1. The minimum absolute atomic E-state index is 0.00141. The number of amides is 2. The number of likely N-dealkylation sites (tertiary alicyclic amines) is 2. The Hall–Kier alpha value is -1.99. The van der Waals surface area contributed by atoms with E-state index in [1.165, 1.54) is 0 Å². The van der Waals surface area contributed by atoms with Gasteiger partial charge < -0.3 is 19.9 Å². The van der Waals surface area contributed by atoms with Crippen LogP contribution in [-0.2, 0) is 20.7 Å². The molecule has 0 aromatic carbocycles. The van der Waals surface area contributed by atoms with Crippen molar-refractivity contribution in [3.63, 3.8) is 0 Å². The van der Waals surface area contributed by atoms with Crippen molar-refractivity contribution in [3.05, 3.63) is 30.1 Å². The van der Waals surface area contributed by atoms with Crippen LogP contribution in [0.1, 0.15) is 37.8 Å². The third kappa shape index (κ3) is 5.14. The number of carbonyl (C=O) groups excluding carboxylic acids is 2. The monoisotopic (exact) mass is 400 g/mol. The van der Waals surface area contributed by atoms with Crippen LogP contribution >= 0.6 is 0 Å². The predicted octanol–water partition coefficient (Wildman–Crippen LogP) is 1.23. The van der Waals surface area contributed by atoms with Crippen LogP contribution in [0.25, 0.3) is 0 Å². The molecule has 2 amide bonds. The normalized spacial score (nSPS) is 24.7. The molecule has 0 saturated carbocycles. The number of nitrogens with one attached hydrogen (secondary N) is 1. The van der Waals surface area contributed by atoms with Crippen molar-refractivity contribution >= 4 is 11.8 Å². The second-order valence-corrected chi connectivity index (χ2v) is 8.67. The molecule has 1 atom stereocenters. The first-order chi connectivity index (χ1) is 14.1. The molecule has 3 fully saturated rings. The summed E-state index contributed by atoms with van der Waals surface area (Å²) in [5, 5.41) is 3.28. The smallest absolute Gasteiger partial charge is 0.225 e. The van der Waals surface area contributed by atoms with Crippen LogP contribution in [-0.4, -0.2) is 78.6 Å². The van der Waals surface area contributed by atoms with Crippen LogP contribution in [0.5, 0.6) is 0 Å². The zero-order valence-electron chi connectivity index (χ0n) is 17.1. The Morgan fingerprint density at radius 1 is 1.28 bits per heavy atom. The number of rotatable bonds is 5. The lowest BCUT2D eigenvalue weighted by molar-refractivity contribution is -0.143. The topological polar surface area (TPSA) is 74.8 Å². The Morgan fingerprint density at radius 2 is 2.14 bits per heavy atom. The van der Waals surface area contributed by atoms with Gasteiger partial charge in [0.05, 0.1) is 19.1 Å². The second-order valence-electron chi connectivity index (χ2n) is 8.67. The summed E-state index contributed by atoms with van der Waals surface area (Å²) in [6.45, 7) is 5.44. The number of morpholine rings is 1. The largest absolute Gasteiger partial charge is 0.375 e. The highest BCUT2D eigenvalue weighted by atomic mass is 16.5. The van der Waals surface area contributed by atoms with E-state index < -0.39 is 0 Å². The number of pyridine rings is 1. The molecule has 7 heteroatoms. The van der Waals surface area contributed by atoms with Gasteiger partial charge in [0, 0.05) is 64.0 Å². The minimum atomic E-state index is 0.00141. The molecule has 158 valence electrons. The van der Waals surface area contributed by atoms with E-state index in [2.05, 4.69) is 10.3 Å². The lowest BCUT2D eigenvalue weighted by Gasteiger charge is -2.47. The first kappa shape index (κ1) is 20.3. The Morgan fingerprint density at radius 3 is 2.86 bits per heavy atom. The molecule has 4 rings (SSSR count). The number of aromatic nitrogens is 1. The Balaban J connectivity index is 1.27. The predicted molar refractivity (Wildman–Crippen MR) is 109 cm³/mol. The summed E-state index contributed by atoms with van der Waals surface area (Å²) in [6.07, 6.45) is 6.60. The van der Waals surface area contributed by atoms with Gasteiger partial charge in [-0.2, -0.15) is 0 Å². The fourth-order valence-corrected chi connectivity index (χ4v) is 4.81. The first-order valence-electron chi connectivity index (χ1n) is 10.9. The van der Waals surface area contributed by atoms with Crippen molar-refractivity contribution < 1.29 is 14.3 Å². The van der Waals surface area contributed by atoms with Gasteiger partial charge in [-0.3, -0.25) is 14.6 Å². The summed E-state index contributed by atoms with van der Waals surface area (Å²) in [4.78, 5) is 33.5. The maximum atomic E-state index is 12.7. The van der Waals surface area contributed by atoms with Crippen LogP contribution in [0.4, 0.5) is 0 Å². The molecule has 3 aliphatic heterocycles. The summed E-state index contributed by atoms with van der Waals surface area (Å²) in [6, 6.07) is 5.92. The standard InChI is InChI=1S/C22H32N4O3/c27-20-4-6-22(17-26(20)11-5-18-3-1-2-9-24-18)7-12-25(13-8-22)21(28)15-19-16-23-10-14-29-19/h1-3,9,19,23H,4-8,10-17H2/t19-/m1/s1. The molecule has 3 saturated heterocycles. The van der Waals surface area contributed by atoms with E-state index in [0.29, 0.717) is 19.4 Å². The van der Waals surface area contributed by atoms with E-state index >= 15 is 0 Å². The highest BCUT2D eigenvalue weighted by Crippen LogP contribution is 2.40. The van der Waals surface area contributed by atoms with E-state index in [1.807, 2.05) is 28.0 Å². The lowest BCUT2D eigenvalue weighted by Crippen LogP contribution is -2.53. The molecule has 3 aliphatic rings. The maximum Gasteiger partial charge on any atom is 0.225 e. The van der Waals surface area contributed by atoms with Gasteiger partial charge in [-0.1, -0.05) is 6.07 Å². The summed E-state index contributed by atoms with van der Waals surface area (Å²) in [7, 11) is 0. The Labute approximate surface area is 172 Å². The number of piperidine rings is 2. The van der Waals surface area contributed by atoms with Gasteiger partial charge in [0.2, 0.25) is 11.8 Å². The molecule has 0 radical (unpaired) electrons. The third-order valence-electron chi connectivity index (χ3n) is 6.70. The van der Waals surface area contributed by atoms with Gasteiger partial charge in [0.1, 0.15) is 0 Å². The van der Waals surface area contributed by atoms with Crippen LogP contribution in [0, 0.1) is 5.41 Å². The maximum absolute atomic E-state index is 12.7. The molecule has 0 bridgehead atoms. The molecule has 1 aromatic rings. The molecule has 4 heterocycles. The average molecular weight is 401 g/mol. The summed E-state index contributed by atoms with van der Waals surface area (Å²) in [5.41, 5.74) is 1.19. The molecule has 1 spiro atoms. The fraction of sp³-hybridized carbons (Fsp3) is 0.682. The van der Waals surface area contributed by atoms with Gasteiger partial charge in [-0.05, 0) is 36.8 Å². The van der Waals surface area contributed by atoms with Gasteiger partial charge in [-0.15, -0.1) is 0 Å². The van der Waals surface area contributed by atoms with Gasteiger partial charge in [-0.25, -0.2) is 0 Å². The van der Waals surface area contributed by atoms with Crippen LogP contribution in [0.15, 0.2) is 24.4 Å². The molecule has 1 N–H and O–H groups in total. The summed E-state index contributed by atoms with van der Waals surface area (Å²) in [5.74, 6) is 0.458. The van der Waals surface area contributed by atoms with Gasteiger partial charge in [0.25, 0.3) is 0 Å². The van der Waals surface area contributed by atoms with Crippen LogP contribution < -0.4 is 5.32 Å². The number of nitrogens with zero attached hydrogens (tertiary/aromatic N) is 3. The summed E-state index contributed by atoms with van der Waals surface area (Å²) >= 11 is 0. The zero-order chi connectivity index (χ0) is 20.1. The number of carbonyl (C=O) groups is 2. The Kier molecular flexibility index (Phi) is 6.45. The van der Waals surface area contributed by atoms with E-state index in [4.69, 9.17) is 4.74 Å². The van der Waals surface area contributed by atoms with Crippen molar-refractivity contribution in [2.45, 2.75) is 44.6 Å². The highest BCUT2D eigenvalue weighted by Gasteiger charge is 2.41. The molecule has 1 aromatic heterocycles. The fourth-order valence-electron chi connectivity index (χ4n) is 4.81. The van der Waals surface area contributed by atoms with Crippen molar-refractivity contribution in [1.82, 2.24) is 20.1 Å². The van der Waals surface area contributed by atoms with E-state index in [9.17, 15) is 9.59 Å². The van der Waals surface area contributed by atoms with E-state index in [0.717, 1.165) is 70.6 Å². The quantitative estimate of drug-likeness (QED) is 0.805. The SMILES string of the molecule is O=C(C[C@@H]1CNCCO1)N1CCC2(CCC(=O)N(CCc3ccccn3)C2)CC1. The van der Waals surface area contributed by atoms with Gasteiger partial charge in [0.15, 0.2) is 0 Å². The van der Waals surface area contributed by atoms with Crippen molar-refractivity contribution in [2.75, 3.05) is 45.9 Å². The van der Waals surface area contributed by atoms with Crippen molar-refractivity contribution in [2.24, 2.45) is 5.41 Å². The van der Waals surface area contributed by atoms with Gasteiger partial charge >= 0.3 is 0 Å². The third-order valence-corrected chi connectivity index (χ3v) is 6.70. The molecular weight excluding hydrogens is 368 g/mol.